The average Bonchev–Trinajstić information content (AvgIpc) is 2.57. The molecule has 0 spiro atoms. The smallest absolute Gasteiger partial charge is 0.247 e. The van der Waals surface area contributed by atoms with Crippen molar-refractivity contribution in [3.05, 3.63) is 48.5 Å². The third kappa shape index (κ3) is 3.65. The number of nitrogens with one attached hydrogen (secondary N) is 3. The van der Waals surface area contributed by atoms with Gasteiger partial charge in [-0.05, 0) is 43.3 Å². The van der Waals surface area contributed by atoms with Crippen LogP contribution < -0.4 is 20.7 Å². The van der Waals surface area contributed by atoms with Crippen LogP contribution in [-0.4, -0.2) is 24.5 Å². The third-order valence-electron chi connectivity index (χ3n) is 3.67. The normalized spacial score (nSPS) is 15.7. The molecule has 0 saturated carbocycles. The standard InChI is InChI=1S/C18H19N3O3/c1-2-24-13-9-7-12(8-10-13)19-17(22)11-16-18(23)21-15-6-4-3-5-14(15)20-16/h3-10,16,20H,2,11H2,1H3,(H,19,22)(H,21,23)/t16-/m1/s1. The molecule has 2 aromatic carbocycles. The molecule has 6 heteroatoms. The van der Waals surface area contributed by atoms with Crippen molar-refractivity contribution in [2.45, 2.75) is 19.4 Å². The van der Waals surface area contributed by atoms with Crippen LogP contribution in [0.1, 0.15) is 13.3 Å². The zero-order chi connectivity index (χ0) is 16.9. The van der Waals surface area contributed by atoms with E-state index >= 15 is 0 Å². The lowest BCUT2D eigenvalue weighted by Gasteiger charge is -2.26. The van der Waals surface area contributed by atoms with Crippen molar-refractivity contribution in [3.63, 3.8) is 0 Å². The van der Waals surface area contributed by atoms with Gasteiger partial charge >= 0.3 is 0 Å². The Bertz CT molecular complexity index is 743. The number of anilines is 3. The summed E-state index contributed by atoms with van der Waals surface area (Å²) < 4.78 is 5.36. The fraction of sp³-hybridized carbons (Fsp3) is 0.222. The van der Waals surface area contributed by atoms with Crippen LogP contribution in [0, 0.1) is 0 Å². The second-order valence-electron chi connectivity index (χ2n) is 5.44. The maximum absolute atomic E-state index is 12.2. The number of hydrogen-bond donors (Lipinski definition) is 3. The van der Waals surface area contributed by atoms with Gasteiger partial charge in [0, 0.05) is 5.69 Å². The van der Waals surface area contributed by atoms with Gasteiger partial charge in [-0.1, -0.05) is 12.1 Å². The Morgan fingerprint density at radius 2 is 1.83 bits per heavy atom. The highest BCUT2D eigenvalue weighted by molar-refractivity contribution is 6.06. The summed E-state index contributed by atoms with van der Waals surface area (Å²) in [5.41, 5.74) is 2.21. The maximum Gasteiger partial charge on any atom is 0.247 e. The van der Waals surface area contributed by atoms with Crippen LogP contribution in [0.2, 0.25) is 0 Å². The van der Waals surface area contributed by atoms with Gasteiger partial charge in [-0.3, -0.25) is 9.59 Å². The molecular weight excluding hydrogens is 306 g/mol. The molecule has 1 heterocycles. The minimum Gasteiger partial charge on any atom is -0.494 e. The summed E-state index contributed by atoms with van der Waals surface area (Å²) in [6.07, 6.45) is 0.0490. The lowest BCUT2D eigenvalue weighted by molar-refractivity contribution is -0.122. The van der Waals surface area contributed by atoms with E-state index in [0.29, 0.717) is 12.3 Å². The van der Waals surface area contributed by atoms with E-state index in [1.54, 1.807) is 24.3 Å². The van der Waals surface area contributed by atoms with Crippen LogP contribution in [-0.2, 0) is 9.59 Å². The lowest BCUT2D eigenvalue weighted by Crippen LogP contribution is -2.41. The van der Waals surface area contributed by atoms with Gasteiger partial charge in [-0.15, -0.1) is 0 Å². The van der Waals surface area contributed by atoms with E-state index in [1.165, 1.54) is 0 Å². The van der Waals surface area contributed by atoms with Crippen molar-refractivity contribution in [1.29, 1.82) is 0 Å². The number of carbonyl (C=O) groups is 2. The van der Waals surface area contributed by atoms with Crippen molar-refractivity contribution >= 4 is 28.9 Å². The summed E-state index contributed by atoms with van der Waals surface area (Å²) >= 11 is 0. The molecule has 2 amide bonds. The third-order valence-corrected chi connectivity index (χ3v) is 3.67. The van der Waals surface area contributed by atoms with Crippen molar-refractivity contribution < 1.29 is 14.3 Å². The van der Waals surface area contributed by atoms with Crippen molar-refractivity contribution in [1.82, 2.24) is 0 Å². The van der Waals surface area contributed by atoms with E-state index in [-0.39, 0.29) is 18.2 Å². The topological polar surface area (TPSA) is 79.5 Å². The molecule has 0 aliphatic carbocycles. The highest BCUT2D eigenvalue weighted by Gasteiger charge is 2.27. The molecule has 0 unspecified atom stereocenters. The Morgan fingerprint density at radius 3 is 2.54 bits per heavy atom. The summed E-state index contributed by atoms with van der Waals surface area (Å²) in [6, 6.07) is 13.9. The van der Waals surface area contributed by atoms with Gasteiger partial charge in [-0.25, -0.2) is 0 Å². The molecule has 1 aliphatic heterocycles. The number of rotatable bonds is 5. The molecule has 3 N–H and O–H groups in total. The summed E-state index contributed by atoms with van der Waals surface area (Å²) in [5.74, 6) is 0.308. The van der Waals surface area contributed by atoms with Gasteiger partial charge in [0.2, 0.25) is 11.8 Å². The molecule has 0 saturated heterocycles. The zero-order valence-corrected chi connectivity index (χ0v) is 13.3. The average molecular weight is 325 g/mol. The van der Waals surface area contributed by atoms with Crippen LogP contribution in [0.5, 0.6) is 5.75 Å². The minimum atomic E-state index is -0.595. The van der Waals surface area contributed by atoms with E-state index in [2.05, 4.69) is 16.0 Å². The monoisotopic (exact) mass is 325 g/mol. The van der Waals surface area contributed by atoms with E-state index < -0.39 is 6.04 Å². The largest absolute Gasteiger partial charge is 0.494 e. The Kier molecular flexibility index (Phi) is 4.65. The van der Waals surface area contributed by atoms with Gasteiger partial charge in [-0.2, -0.15) is 0 Å². The molecule has 0 bridgehead atoms. The summed E-state index contributed by atoms with van der Waals surface area (Å²) in [5, 5.41) is 8.69. The Labute approximate surface area is 140 Å². The number of ether oxygens (including phenoxy) is 1. The molecule has 124 valence electrons. The fourth-order valence-corrected chi connectivity index (χ4v) is 2.53. The van der Waals surface area contributed by atoms with E-state index in [0.717, 1.165) is 17.1 Å². The highest BCUT2D eigenvalue weighted by atomic mass is 16.5. The first-order valence-corrected chi connectivity index (χ1v) is 7.85. The molecule has 0 aromatic heterocycles. The van der Waals surface area contributed by atoms with Crippen LogP contribution >= 0.6 is 0 Å². The number of fused-ring (bicyclic) bond motifs is 1. The zero-order valence-electron chi connectivity index (χ0n) is 13.3. The summed E-state index contributed by atoms with van der Waals surface area (Å²) in [4.78, 5) is 24.3. The molecule has 0 fully saturated rings. The Balaban J connectivity index is 1.60. The maximum atomic E-state index is 12.2. The predicted molar refractivity (Wildman–Crippen MR) is 93.3 cm³/mol. The van der Waals surface area contributed by atoms with Crippen LogP contribution in [0.15, 0.2) is 48.5 Å². The van der Waals surface area contributed by atoms with Gasteiger partial charge in [0.25, 0.3) is 0 Å². The number of benzene rings is 2. The fourth-order valence-electron chi connectivity index (χ4n) is 2.53. The highest BCUT2D eigenvalue weighted by Crippen LogP contribution is 2.26. The van der Waals surface area contributed by atoms with E-state index in [9.17, 15) is 9.59 Å². The number of para-hydroxylation sites is 2. The first-order valence-electron chi connectivity index (χ1n) is 7.85. The van der Waals surface area contributed by atoms with Crippen molar-refractivity contribution in [2.75, 3.05) is 22.6 Å². The van der Waals surface area contributed by atoms with Crippen LogP contribution in [0.4, 0.5) is 17.1 Å². The van der Waals surface area contributed by atoms with Crippen molar-refractivity contribution in [3.8, 4) is 5.75 Å². The van der Waals surface area contributed by atoms with Gasteiger partial charge < -0.3 is 20.7 Å². The molecular formula is C18H19N3O3. The molecule has 0 radical (unpaired) electrons. The minimum absolute atomic E-state index is 0.0490. The molecule has 1 aliphatic rings. The predicted octanol–water partition coefficient (Wildman–Crippen LogP) is 2.85. The van der Waals surface area contributed by atoms with E-state index in [4.69, 9.17) is 4.74 Å². The first kappa shape index (κ1) is 15.9. The Morgan fingerprint density at radius 1 is 1.12 bits per heavy atom. The molecule has 1 atom stereocenters. The number of hydrogen-bond acceptors (Lipinski definition) is 4. The van der Waals surface area contributed by atoms with Crippen LogP contribution in [0.25, 0.3) is 0 Å². The van der Waals surface area contributed by atoms with E-state index in [1.807, 2.05) is 31.2 Å². The second kappa shape index (κ2) is 7.04. The molecule has 6 nitrogen and oxygen atoms in total. The molecule has 24 heavy (non-hydrogen) atoms. The lowest BCUT2D eigenvalue weighted by atomic mass is 10.1. The Hall–Kier alpha value is -3.02. The quantitative estimate of drug-likeness (QED) is 0.790. The van der Waals surface area contributed by atoms with Crippen LogP contribution in [0.3, 0.4) is 0 Å². The number of carbonyl (C=O) groups excluding carboxylic acids is 2. The SMILES string of the molecule is CCOc1ccc(NC(=O)C[C@H]2Nc3ccccc3NC2=O)cc1. The second-order valence-corrected chi connectivity index (χ2v) is 5.44. The molecule has 2 aromatic rings. The van der Waals surface area contributed by atoms with Gasteiger partial charge in [0.15, 0.2) is 0 Å². The van der Waals surface area contributed by atoms with Crippen molar-refractivity contribution in [2.24, 2.45) is 0 Å². The summed E-state index contributed by atoms with van der Waals surface area (Å²) in [7, 11) is 0. The molecule has 3 rings (SSSR count). The number of amides is 2. The summed E-state index contributed by atoms with van der Waals surface area (Å²) in [6.45, 7) is 2.51. The first-order chi connectivity index (χ1) is 11.7. The van der Waals surface area contributed by atoms with Gasteiger partial charge in [0.1, 0.15) is 11.8 Å². The van der Waals surface area contributed by atoms with Gasteiger partial charge in [0.05, 0.1) is 24.4 Å².